The highest BCUT2D eigenvalue weighted by molar-refractivity contribution is 6.30. The first-order valence-corrected chi connectivity index (χ1v) is 13.2. The van der Waals surface area contributed by atoms with Crippen molar-refractivity contribution in [3.8, 4) is 11.5 Å². The van der Waals surface area contributed by atoms with Gasteiger partial charge in [0.25, 0.3) is 0 Å². The van der Waals surface area contributed by atoms with Gasteiger partial charge >= 0.3 is 18.2 Å². The lowest BCUT2D eigenvalue weighted by Crippen LogP contribution is -2.35. The number of aryl methyl sites for hydroxylation is 1. The molecule has 0 radical (unpaired) electrons. The Kier molecular flexibility index (Phi) is 11.3. The van der Waals surface area contributed by atoms with E-state index in [4.69, 9.17) is 31.0 Å². The normalized spacial score (nSPS) is 18.1. The third-order valence-electron chi connectivity index (χ3n) is 6.26. The van der Waals surface area contributed by atoms with Crippen LogP contribution < -0.4 is 14.8 Å². The van der Waals surface area contributed by atoms with Gasteiger partial charge in [-0.15, -0.1) is 0 Å². The molecule has 0 saturated carbocycles. The van der Waals surface area contributed by atoms with Crippen molar-refractivity contribution in [3.05, 3.63) is 53.1 Å². The van der Waals surface area contributed by atoms with Crippen LogP contribution in [-0.4, -0.2) is 89.7 Å². The number of likely N-dealkylation sites (tertiary alicyclic amines) is 2. The molecular weight excluding hydrogens is 555 g/mol. The second-order valence-electron chi connectivity index (χ2n) is 9.63. The summed E-state index contributed by atoms with van der Waals surface area (Å²) in [6.07, 6.45) is -2.66. The maximum absolute atomic E-state index is 12.5. The van der Waals surface area contributed by atoms with E-state index >= 15 is 0 Å². The summed E-state index contributed by atoms with van der Waals surface area (Å²) >= 11 is 5.93. The van der Waals surface area contributed by atoms with Crippen molar-refractivity contribution in [3.63, 3.8) is 0 Å². The minimum absolute atomic E-state index is 0.0865. The zero-order valence-electron chi connectivity index (χ0n) is 22.0. The molecule has 2 heterocycles. The van der Waals surface area contributed by atoms with E-state index < -0.39 is 18.2 Å². The molecule has 0 aromatic heterocycles. The van der Waals surface area contributed by atoms with Crippen molar-refractivity contribution in [1.82, 2.24) is 9.80 Å². The number of benzene rings is 2. The number of carboxylic acid groups (broad SMARTS) is 1. The third-order valence-corrected chi connectivity index (χ3v) is 6.51. The number of amides is 2. The number of nitrogens with zero attached hydrogens (tertiary/aromatic N) is 2. The first-order chi connectivity index (χ1) is 18.9. The molecule has 0 bridgehead atoms. The molecule has 0 spiro atoms. The van der Waals surface area contributed by atoms with E-state index in [0.29, 0.717) is 23.0 Å². The first-order valence-electron chi connectivity index (χ1n) is 12.8. The summed E-state index contributed by atoms with van der Waals surface area (Å²) in [5.41, 5.74) is 1.66. The quantitative estimate of drug-likeness (QED) is 0.407. The van der Waals surface area contributed by atoms with Crippen molar-refractivity contribution in [2.24, 2.45) is 0 Å². The van der Waals surface area contributed by atoms with Crippen LogP contribution >= 0.6 is 11.6 Å². The summed E-state index contributed by atoms with van der Waals surface area (Å²) in [5.74, 6) is -1.38. The van der Waals surface area contributed by atoms with Gasteiger partial charge in [0.15, 0.2) is 0 Å². The maximum atomic E-state index is 12.5. The third kappa shape index (κ3) is 10.1. The van der Waals surface area contributed by atoms with E-state index in [0.717, 1.165) is 56.8 Å². The molecule has 220 valence electrons. The molecule has 4 rings (SSSR count). The molecule has 3 N–H and O–H groups in total. The zero-order chi connectivity index (χ0) is 29.3. The summed E-state index contributed by atoms with van der Waals surface area (Å²) < 4.78 is 43.7. The van der Waals surface area contributed by atoms with Gasteiger partial charge in [0.05, 0.1) is 5.69 Å². The number of aliphatic carboxylic acids is 1. The number of hydrogen-bond acceptors (Lipinski definition) is 6. The van der Waals surface area contributed by atoms with Crippen LogP contribution in [0.5, 0.6) is 11.5 Å². The highest BCUT2D eigenvalue weighted by Gasteiger charge is 2.38. The number of hydrogen-bond donors (Lipinski definition) is 3. The fourth-order valence-electron chi connectivity index (χ4n) is 4.27. The van der Waals surface area contributed by atoms with E-state index in [1.54, 1.807) is 0 Å². The zero-order valence-corrected chi connectivity index (χ0v) is 22.7. The number of nitrogens with one attached hydrogen (secondary N) is 1. The van der Waals surface area contributed by atoms with Crippen LogP contribution in [0.2, 0.25) is 5.02 Å². The Morgan fingerprint density at radius 3 is 2.40 bits per heavy atom. The smallest absolute Gasteiger partial charge is 0.489 e. The second-order valence-corrected chi connectivity index (χ2v) is 10.1. The fraction of sp³-hybridized carbons (Fsp3) is 0.481. The largest absolute Gasteiger partial charge is 0.490 e. The Morgan fingerprint density at radius 2 is 1.77 bits per heavy atom. The number of β-amino-alcohol motifs (C(OH)–C–C–N with tert-alkyl or cyclic N) is 1. The minimum Gasteiger partial charge on any atom is -0.489 e. The molecule has 13 heteroatoms. The van der Waals surface area contributed by atoms with Gasteiger partial charge < -0.3 is 29.9 Å². The van der Waals surface area contributed by atoms with Crippen LogP contribution in [0.15, 0.2) is 42.5 Å². The SMILES string of the molecule is Cc1ccc(NC(=O)N2CCCC2)c(OCC(O)CN2CCC(Oc3ccc(Cl)cc3)C2)c1.O=C(O)C(F)(F)F. The van der Waals surface area contributed by atoms with E-state index in [-0.39, 0.29) is 18.7 Å². The Hall–Kier alpha value is -3.22. The molecule has 2 aliphatic rings. The summed E-state index contributed by atoms with van der Waals surface area (Å²) in [4.78, 5) is 25.4. The predicted octanol–water partition coefficient (Wildman–Crippen LogP) is 4.80. The highest BCUT2D eigenvalue weighted by atomic mass is 35.5. The van der Waals surface area contributed by atoms with E-state index in [2.05, 4.69) is 10.2 Å². The van der Waals surface area contributed by atoms with Crippen LogP contribution in [0.1, 0.15) is 24.8 Å². The van der Waals surface area contributed by atoms with Gasteiger partial charge in [-0.2, -0.15) is 13.2 Å². The van der Waals surface area contributed by atoms with Crippen molar-refractivity contribution >= 4 is 29.3 Å². The number of alkyl halides is 3. The average molecular weight is 588 g/mol. The molecule has 2 atom stereocenters. The number of anilines is 1. The number of halogens is 4. The molecule has 0 aliphatic carbocycles. The first kappa shape index (κ1) is 31.3. The fourth-order valence-corrected chi connectivity index (χ4v) is 4.39. The number of carbonyl (C=O) groups excluding carboxylic acids is 1. The Balaban J connectivity index is 0.000000559. The molecule has 2 unspecified atom stereocenters. The van der Waals surface area contributed by atoms with E-state index in [9.17, 15) is 23.1 Å². The summed E-state index contributed by atoms with van der Waals surface area (Å²) in [6, 6.07) is 12.9. The van der Waals surface area contributed by atoms with Gasteiger partial charge in [-0.1, -0.05) is 17.7 Å². The molecule has 40 heavy (non-hydrogen) atoms. The van der Waals surface area contributed by atoms with Gasteiger partial charge in [0, 0.05) is 37.7 Å². The van der Waals surface area contributed by atoms with Gasteiger partial charge in [-0.3, -0.25) is 4.90 Å². The van der Waals surface area contributed by atoms with Gasteiger partial charge in [-0.25, -0.2) is 9.59 Å². The van der Waals surface area contributed by atoms with Crippen LogP contribution in [0.4, 0.5) is 23.7 Å². The van der Waals surface area contributed by atoms with Crippen molar-refractivity contribution in [2.45, 2.75) is 44.6 Å². The molecule has 2 amide bonds. The van der Waals surface area contributed by atoms with Gasteiger partial charge in [-0.05, 0) is 68.1 Å². The minimum atomic E-state index is -5.08. The Morgan fingerprint density at radius 1 is 1.12 bits per heavy atom. The van der Waals surface area contributed by atoms with E-state index in [1.165, 1.54) is 0 Å². The Labute approximate surface area is 235 Å². The van der Waals surface area contributed by atoms with Crippen LogP contribution in [0.3, 0.4) is 0 Å². The molecular formula is C27H33ClF3N3O6. The summed E-state index contributed by atoms with van der Waals surface area (Å²) in [7, 11) is 0. The molecule has 2 aromatic rings. The summed E-state index contributed by atoms with van der Waals surface area (Å²) in [5, 5.41) is 21.3. The highest BCUT2D eigenvalue weighted by Crippen LogP contribution is 2.27. The van der Waals surface area contributed by atoms with Crippen molar-refractivity contribution in [1.29, 1.82) is 0 Å². The number of aliphatic hydroxyl groups excluding tert-OH is 1. The summed E-state index contributed by atoms with van der Waals surface area (Å²) in [6.45, 7) is 5.80. The number of ether oxygens (including phenoxy) is 2. The second kappa shape index (κ2) is 14.4. The lowest BCUT2D eigenvalue weighted by atomic mass is 10.2. The van der Waals surface area contributed by atoms with Gasteiger partial charge in [0.2, 0.25) is 0 Å². The van der Waals surface area contributed by atoms with Crippen LogP contribution in [0, 0.1) is 6.92 Å². The number of carbonyl (C=O) groups is 2. The molecule has 2 fully saturated rings. The molecule has 9 nitrogen and oxygen atoms in total. The number of rotatable bonds is 8. The molecule has 2 aliphatic heterocycles. The van der Waals surface area contributed by atoms with E-state index in [1.807, 2.05) is 54.3 Å². The van der Waals surface area contributed by atoms with Crippen LogP contribution in [-0.2, 0) is 4.79 Å². The average Bonchev–Trinajstić information content (AvgIpc) is 3.58. The number of aliphatic hydroxyl groups is 1. The number of urea groups is 1. The monoisotopic (exact) mass is 587 g/mol. The Bertz CT molecular complexity index is 1130. The van der Waals surface area contributed by atoms with Crippen molar-refractivity contribution in [2.75, 3.05) is 44.6 Å². The van der Waals surface area contributed by atoms with Gasteiger partial charge in [0.1, 0.15) is 30.3 Å². The predicted molar refractivity (Wildman–Crippen MR) is 143 cm³/mol. The standard InChI is InChI=1S/C25H32ClN3O4.C2HF3O2/c1-18-4-9-23(27-25(31)29-11-2-3-12-29)24(14-18)32-17-20(30)15-28-13-10-22(16-28)33-21-7-5-19(26)6-8-21;3-2(4,5)1(6)7/h4-9,14,20,22,30H,2-3,10-13,15-17H2,1H3,(H,27,31);(H,6,7). The maximum Gasteiger partial charge on any atom is 0.490 e. The topological polar surface area (TPSA) is 112 Å². The van der Waals surface area contributed by atoms with Crippen LogP contribution in [0.25, 0.3) is 0 Å². The van der Waals surface area contributed by atoms with Crippen molar-refractivity contribution < 1.29 is 42.4 Å². The lowest BCUT2D eigenvalue weighted by Gasteiger charge is -2.22. The molecule has 2 aromatic carbocycles. The lowest BCUT2D eigenvalue weighted by molar-refractivity contribution is -0.192. The number of carboxylic acids is 1. The molecule has 2 saturated heterocycles.